The second-order valence-corrected chi connectivity index (χ2v) is 5.24. The molecule has 0 saturated heterocycles. The largest absolute Gasteiger partial charge is 0.490 e. The zero-order valence-electron chi connectivity index (χ0n) is 11.1. The van der Waals surface area contributed by atoms with E-state index in [9.17, 15) is 0 Å². The van der Waals surface area contributed by atoms with Crippen LogP contribution in [0.15, 0.2) is 18.2 Å². The molecule has 19 heavy (non-hydrogen) atoms. The number of rotatable bonds is 5. The van der Waals surface area contributed by atoms with Crippen molar-refractivity contribution in [3.05, 3.63) is 23.8 Å². The Hall–Kier alpha value is -0.970. The van der Waals surface area contributed by atoms with Gasteiger partial charge in [-0.05, 0) is 24.7 Å². The minimum Gasteiger partial charge on any atom is -0.490 e. The van der Waals surface area contributed by atoms with Gasteiger partial charge in [0.15, 0.2) is 11.5 Å². The summed E-state index contributed by atoms with van der Waals surface area (Å²) in [6, 6.07) is 5.83. The van der Waals surface area contributed by atoms with Crippen molar-refractivity contribution in [1.82, 2.24) is 4.90 Å². The van der Waals surface area contributed by atoms with Crippen LogP contribution in [0.3, 0.4) is 0 Å². The Morgan fingerprint density at radius 2 is 2.05 bits per heavy atom. The first-order valence-corrected chi connectivity index (χ1v) is 6.97. The summed E-state index contributed by atoms with van der Waals surface area (Å²) in [6.45, 7) is 2.81. The normalized spacial score (nSPS) is 16.2. The van der Waals surface area contributed by atoms with Gasteiger partial charge in [0, 0.05) is 19.5 Å². The molecule has 2 rings (SSSR count). The third kappa shape index (κ3) is 4.00. The quantitative estimate of drug-likeness (QED) is 0.841. The second kappa shape index (κ2) is 6.98. The van der Waals surface area contributed by atoms with E-state index >= 15 is 0 Å². The Balaban J connectivity index is 2.06. The molecule has 0 fully saturated rings. The van der Waals surface area contributed by atoms with Gasteiger partial charge in [-0.25, -0.2) is 0 Å². The molecule has 0 aromatic heterocycles. The number of aliphatic hydroxyl groups excluding tert-OH is 1. The zero-order chi connectivity index (χ0) is 13.7. The van der Waals surface area contributed by atoms with E-state index in [2.05, 4.69) is 0 Å². The van der Waals surface area contributed by atoms with Crippen molar-refractivity contribution in [3.63, 3.8) is 0 Å². The zero-order valence-corrected chi connectivity index (χ0v) is 11.9. The highest BCUT2D eigenvalue weighted by Crippen LogP contribution is 2.34. The van der Waals surface area contributed by atoms with E-state index in [0.29, 0.717) is 26.3 Å². The minimum atomic E-state index is -0.131. The van der Waals surface area contributed by atoms with E-state index in [-0.39, 0.29) is 12.0 Å². The highest BCUT2D eigenvalue weighted by Gasteiger charge is 2.16. The molecule has 1 aliphatic rings. The summed E-state index contributed by atoms with van der Waals surface area (Å²) >= 11 is 6.40. The number of aliphatic hydroxyl groups is 1. The van der Waals surface area contributed by atoms with Gasteiger partial charge in [0.1, 0.15) is 0 Å². The Morgan fingerprint density at radius 3 is 2.79 bits per heavy atom. The lowest BCUT2D eigenvalue weighted by molar-refractivity contribution is 0.221. The Kier molecular flexibility index (Phi) is 5.31. The fourth-order valence-corrected chi connectivity index (χ4v) is 2.39. The molecule has 1 aromatic rings. The molecule has 106 valence electrons. The van der Waals surface area contributed by atoms with Crippen LogP contribution in [0, 0.1) is 0 Å². The monoisotopic (exact) mass is 285 g/mol. The van der Waals surface area contributed by atoms with Crippen molar-refractivity contribution < 1.29 is 14.6 Å². The summed E-state index contributed by atoms with van der Waals surface area (Å²) in [5.41, 5.74) is 1.01. The Labute approximate surface area is 118 Å². The third-order valence-corrected chi connectivity index (χ3v) is 3.48. The molecule has 0 radical (unpaired) electrons. The van der Waals surface area contributed by atoms with Crippen LogP contribution in [-0.4, -0.2) is 50.0 Å². The summed E-state index contributed by atoms with van der Waals surface area (Å²) in [4.78, 5) is 2.00. The lowest BCUT2D eigenvalue weighted by atomic mass is 10.1. The van der Waals surface area contributed by atoms with Crippen LogP contribution in [0.5, 0.6) is 11.5 Å². The van der Waals surface area contributed by atoms with Gasteiger partial charge >= 0.3 is 0 Å². The second-order valence-electron chi connectivity index (χ2n) is 4.71. The molecular weight excluding hydrogens is 266 g/mol. The molecule has 1 aromatic carbocycles. The lowest BCUT2D eigenvalue weighted by Crippen LogP contribution is -2.25. The SMILES string of the molecule is CN(CCO)CC(Cl)c1ccc2c(c1)OCCCO2. The first kappa shape index (κ1) is 14.4. The third-order valence-electron chi connectivity index (χ3n) is 3.09. The van der Waals surface area contributed by atoms with Crippen LogP contribution >= 0.6 is 11.6 Å². The number of ether oxygens (including phenoxy) is 2. The van der Waals surface area contributed by atoms with Crippen molar-refractivity contribution in [1.29, 1.82) is 0 Å². The van der Waals surface area contributed by atoms with E-state index in [0.717, 1.165) is 23.5 Å². The van der Waals surface area contributed by atoms with Crippen LogP contribution in [0.1, 0.15) is 17.4 Å². The molecule has 1 heterocycles. The maximum atomic E-state index is 8.89. The number of likely N-dealkylation sites (N-methyl/N-ethyl adjacent to an activating group) is 1. The summed E-state index contributed by atoms with van der Waals surface area (Å²) in [7, 11) is 1.94. The smallest absolute Gasteiger partial charge is 0.161 e. The molecule has 0 saturated carbocycles. The number of nitrogens with zero attached hydrogens (tertiary/aromatic N) is 1. The number of alkyl halides is 1. The Morgan fingerprint density at radius 1 is 1.32 bits per heavy atom. The highest BCUT2D eigenvalue weighted by atomic mass is 35.5. The van der Waals surface area contributed by atoms with Gasteiger partial charge in [-0.2, -0.15) is 0 Å². The number of halogens is 1. The molecule has 4 nitrogen and oxygen atoms in total. The van der Waals surface area contributed by atoms with E-state index < -0.39 is 0 Å². The fraction of sp³-hybridized carbons (Fsp3) is 0.571. The molecule has 0 spiro atoms. The van der Waals surface area contributed by atoms with Gasteiger partial charge in [-0.1, -0.05) is 6.07 Å². The molecule has 0 aliphatic carbocycles. The van der Waals surface area contributed by atoms with Crippen molar-refractivity contribution in [3.8, 4) is 11.5 Å². The van der Waals surface area contributed by atoms with Crippen molar-refractivity contribution >= 4 is 11.6 Å². The molecule has 0 amide bonds. The van der Waals surface area contributed by atoms with Crippen LogP contribution in [0.25, 0.3) is 0 Å². The number of hydrogen-bond acceptors (Lipinski definition) is 4. The van der Waals surface area contributed by atoms with Gasteiger partial charge < -0.3 is 19.5 Å². The predicted octanol–water partition coefficient (Wildman–Crippen LogP) is 2.05. The molecular formula is C14H20ClNO3. The van der Waals surface area contributed by atoms with Crippen molar-refractivity contribution in [2.45, 2.75) is 11.8 Å². The number of fused-ring (bicyclic) bond motifs is 1. The molecule has 5 heteroatoms. The average molecular weight is 286 g/mol. The fourth-order valence-electron chi connectivity index (χ4n) is 2.02. The molecule has 1 unspecified atom stereocenters. The standard InChI is InChI=1S/C14H20ClNO3/c1-16(5-6-17)10-12(15)11-3-4-13-14(9-11)19-8-2-7-18-13/h3-4,9,12,17H,2,5-8,10H2,1H3. The van der Waals surface area contributed by atoms with E-state index in [1.165, 1.54) is 0 Å². The van der Waals surface area contributed by atoms with Crippen LogP contribution in [0.2, 0.25) is 0 Å². The maximum Gasteiger partial charge on any atom is 0.161 e. The van der Waals surface area contributed by atoms with Gasteiger partial charge in [0.25, 0.3) is 0 Å². The highest BCUT2D eigenvalue weighted by molar-refractivity contribution is 6.21. The molecule has 0 bridgehead atoms. The van der Waals surface area contributed by atoms with Gasteiger partial charge in [0.05, 0.1) is 25.2 Å². The minimum absolute atomic E-state index is 0.131. The summed E-state index contributed by atoms with van der Waals surface area (Å²) in [6.07, 6.45) is 0.896. The Bertz CT molecular complexity index is 414. The molecule has 1 N–H and O–H groups in total. The van der Waals surface area contributed by atoms with Crippen molar-refractivity contribution in [2.75, 3.05) is 40.0 Å². The van der Waals surface area contributed by atoms with Crippen LogP contribution in [-0.2, 0) is 0 Å². The topological polar surface area (TPSA) is 41.9 Å². The van der Waals surface area contributed by atoms with Gasteiger partial charge in [0.2, 0.25) is 0 Å². The van der Waals surface area contributed by atoms with E-state index in [1.807, 2.05) is 30.1 Å². The summed E-state index contributed by atoms with van der Waals surface area (Å²) in [5, 5.41) is 8.76. The summed E-state index contributed by atoms with van der Waals surface area (Å²) < 4.78 is 11.2. The number of benzene rings is 1. The molecule has 1 atom stereocenters. The number of hydrogen-bond donors (Lipinski definition) is 1. The van der Waals surface area contributed by atoms with Gasteiger partial charge in [-0.15, -0.1) is 11.6 Å². The van der Waals surface area contributed by atoms with Crippen LogP contribution < -0.4 is 9.47 Å². The first-order valence-electron chi connectivity index (χ1n) is 6.53. The van der Waals surface area contributed by atoms with Gasteiger partial charge in [-0.3, -0.25) is 0 Å². The van der Waals surface area contributed by atoms with Crippen LogP contribution in [0.4, 0.5) is 0 Å². The summed E-state index contributed by atoms with van der Waals surface area (Å²) in [5.74, 6) is 1.55. The maximum absolute atomic E-state index is 8.89. The van der Waals surface area contributed by atoms with E-state index in [1.54, 1.807) is 0 Å². The predicted molar refractivity (Wildman–Crippen MR) is 75.2 cm³/mol. The first-order chi connectivity index (χ1) is 9.20. The van der Waals surface area contributed by atoms with E-state index in [4.69, 9.17) is 26.2 Å². The average Bonchev–Trinajstić information content (AvgIpc) is 2.63. The van der Waals surface area contributed by atoms with Crippen molar-refractivity contribution in [2.24, 2.45) is 0 Å². The lowest BCUT2D eigenvalue weighted by Gasteiger charge is -2.20. The molecule has 1 aliphatic heterocycles.